The molecule has 2 aliphatic rings. The number of aryl methyl sites for hydroxylation is 1. The first-order valence-corrected chi connectivity index (χ1v) is 6.37. The summed E-state index contributed by atoms with van der Waals surface area (Å²) in [5.41, 5.74) is 1.29. The van der Waals surface area contributed by atoms with Gasteiger partial charge in [-0.2, -0.15) is 5.10 Å². The fraction of sp³-hybridized carbons (Fsp3) is 0.750. The third-order valence-electron chi connectivity index (χ3n) is 3.71. The zero-order chi connectivity index (χ0) is 11.0. The van der Waals surface area contributed by atoms with Crippen molar-refractivity contribution in [2.24, 2.45) is 5.92 Å². The van der Waals surface area contributed by atoms with E-state index in [9.17, 15) is 0 Å². The minimum absolute atomic E-state index is 0.707. The van der Waals surface area contributed by atoms with Crippen LogP contribution in [0.5, 0.6) is 0 Å². The van der Waals surface area contributed by atoms with Gasteiger partial charge in [0.15, 0.2) is 0 Å². The standard InChI is InChI=1S/C12H20N4/c1-2-16-8-11(7-14-16)15-6-5-13-12(9-15)10-3-4-10/h7-8,10,12-13H,2-6,9H2,1H3. The van der Waals surface area contributed by atoms with Crippen LogP contribution in [0.15, 0.2) is 12.4 Å². The predicted molar refractivity (Wildman–Crippen MR) is 64.6 cm³/mol. The van der Waals surface area contributed by atoms with Gasteiger partial charge in [-0.3, -0.25) is 4.68 Å². The molecule has 0 amide bonds. The minimum Gasteiger partial charge on any atom is -0.366 e. The molecule has 1 saturated heterocycles. The molecule has 2 fully saturated rings. The highest BCUT2D eigenvalue weighted by Crippen LogP contribution is 2.34. The van der Waals surface area contributed by atoms with Crippen molar-refractivity contribution in [3.63, 3.8) is 0 Å². The first-order chi connectivity index (χ1) is 7.86. The SMILES string of the molecule is CCn1cc(N2CCNC(C3CC3)C2)cn1. The van der Waals surface area contributed by atoms with Crippen molar-refractivity contribution < 1.29 is 0 Å². The average molecular weight is 220 g/mol. The molecule has 0 aromatic carbocycles. The van der Waals surface area contributed by atoms with E-state index in [-0.39, 0.29) is 0 Å². The first-order valence-electron chi connectivity index (χ1n) is 6.37. The van der Waals surface area contributed by atoms with E-state index in [4.69, 9.17) is 0 Å². The van der Waals surface area contributed by atoms with E-state index in [0.29, 0.717) is 6.04 Å². The molecule has 0 bridgehead atoms. The van der Waals surface area contributed by atoms with Crippen LogP contribution in [0, 0.1) is 5.92 Å². The summed E-state index contributed by atoms with van der Waals surface area (Å²) in [6.45, 7) is 6.46. The molecule has 1 N–H and O–H groups in total. The van der Waals surface area contributed by atoms with Crippen LogP contribution in [0.3, 0.4) is 0 Å². The number of hydrogen-bond donors (Lipinski definition) is 1. The molecule has 1 saturated carbocycles. The molecule has 4 heteroatoms. The smallest absolute Gasteiger partial charge is 0.0753 e. The van der Waals surface area contributed by atoms with Crippen LogP contribution in [-0.4, -0.2) is 35.5 Å². The fourth-order valence-electron chi connectivity index (χ4n) is 2.52. The third-order valence-corrected chi connectivity index (χ3v) is 3.71. The molecular formula is C12H20N4. The van der Waals surface area contributed by atoms with E-state index in [1.54, 1.807) is 0 Å². The lowest BCUT2D eigenvalue weighted by Crippen LogP contribution is -2.51. The Balaban J connectivity index is 1.68. The maximum Gasteiger partial charge on any atom is 0.0753 e. The van der Waals surface area contributed by atoms with Gasteiger partial charge in [0.05, 0.1) is 11.9 Å². The molecule has 1 aromatic heterocycles. The lowest BCUT2D eigenvalue weighted by Gasteiger charge is -2.34. The monoisotopic (exact) mass is 220 g/mol. The Bertz CT molecular complexity index is 356. The Morgan fingerprint density at radius 3 is 3.06 bits per heavy atom. The van der Waals surface area contributed by atoms with Crippen LogP contribution >= 0.6 is 0 Å². The van der Waals surface area contributed by atoms with Gasteiger partial charge in [-0.25, -0.2) is 0 Å². The van der Waals surface area contributed by atoms with Gasteiger partial charge < -0.3 is 10.2 Å². The Labute approximate surface area is 96.6 Å². The first kappa shape index (κ1) is 10.1. The summed E-state index contributed by atoms with van der Waals surface area (Å²) in [7, 11) is 0. The van der Waals surface area contributed by atoms with Crippen LogP contribution < -0.4 is 10.2 Å². The van der Waals surface area contributed by atoms with Gasteiger partial charge in [0.2, 0.25) is 0 Å². The van der Waals surface area contributed by atoms with E-state index in [1.807, 2.05) is 10.9 Å². The second-order valence-electron chi connectivity index (χ2n) is 4.90. The Kier molecular flexibility index (Phi) is 2.59. The molecule has 1 aromatic rings. The second-order valence-corrected chi connectivity index (χ2v) is 4.90. The van der Waals surface area contributed by atoms with Crippen molar-refractivity contribution in [3.05, 3.63) is 12.4 Å². The van der Waals surface area contributed by atoms with Crippen LogP contribution in [0.1, 0.15) is 19.8 Å². The summed E-state index contributed by atoms with van der Waals surface area (Å²) in [5, 5.41) is 7.98. The highest BCUT2D eigenvalue weighted by molar-refractivity contribution is 5.43. The van der Waals surface area contributed by atoms with Gasteiger partial charge in [0, 0.05) is 38.4 Å². The van der Waals surface area contributed by atoms with Crippen molar-refractivity contribution >= 4 is 5.69 Å². The molecular weight excluding hydrogens is 200 g/mol. The number of rotatable bonds is 3. The fourth-order valence-corrected chi connectivity index (χ4v) is 2.52. The molecule has 1 atom stereocenters. The van der Waals surface area contributed by atoms with Gasteiger partial charge in [0.1, 0.15) is 0 Å². The van der Waals surface area contributed by atoms with Crippen LogP contribution in [0.25, 0.3) is 0 Å². The molecule has 1 aliphatic carbocycles. The van der Waals surface area contributed by atoms with Crippen molar-refractivity contribution in [1.29, 1.82) is 0 Å². The largest absolute Gasteiger partial charge is 0.366 e. The van der Waals surface area contributed by atoms with Gasteiger partial charge >= 0.3 is 0 Å². The lowest BCUT2D eigenvalue weighted by molar-refractivity contribution is 0.419. The van der Waals surface area contributed by atoms with E-state index >= 15 is 0 Å². The Morgan fingerprint density at radius 1 is 1.50 bits per heavy atom. The van der Waals surface area contributed by atoms with E-state index in [0.717, 1.165) is 32.1 Å². The van der Waals surface area contributed by atoms with Crippen LogP contribution in [-0.2, 0) is 6.54 Å². The molecule has 1 unspecified atom stereocenters. The summed E-state index contributed by atoms with van der Waals surface area (Å²) >= 11 is 0. The Morgan fingerprint density at radius 2 is 2.38 bits per heavy atom. The van der Waals surface area contributed by atoms with Crippen molar-refractivity contribution in [1.82, 2.24) is 15.1 Å². The zero-order valence-electron chi connectivity index (χ0n) is 9.89. The highest BCUT2D eigenvalue weighted by atomic mass is 15.3. The molecule has 3 rings (SSSR count). The maximum absolute atomic E-state index is 4.35. The molecule has 1 aliphatic heterocycles. The molecule has 0 radical (unpaired) electrons. The van der Waals surface area contributed by atoms with Crippen LogP contribution in [0.4, 0.5) is 5.69 Å². The van der Waals surface area contributed by atoms with Gasteiger partial charge in [0.25, 0.3) is 0 Å². The quantitative estimate of drug-likeness (QED) is 0.828. The zero-order valence-corrected chi connectivity index (χ0v) is 9.89. The summed E-state index contributed by atoms with van der Waals surface area (Å²) < 4.78 is 2.00. The second kappa shape index (κ2) is 4.09. The molecule has 16 heavy (non-hydrogen) atoms. The van der Waals surface area contributed by atoms with Crippen LogP contribution in [0.2, 0.25) is 0 Å². The molecule has 4 nitrogen and oxygen atoms in total. The summed E-state index contributed by atoms with van der Waals surface area (Å²) in [6, 6.07) is 0.707. The maximum atomic E-state index is 4.35. The van der Waals surface area contributed by atoms with Gasteiger partial charge in [-0.05, 0) is 25.7 Å². The summed E-state index contributed by atoms with van der Waals surface area (Å²) in [4.78, 5) is 2.47. The van der Waals surface area contributed by atoms with Gasteiger partial charge in [-0.1, -0.05) is 0 Å². The third kappa shape index (κ3) is 1.94. The molecule has 88 valence electrons. The average Bonchev–Trinajstić information content (AvgIpc) is 3.07. The Hall–Kier alpha value is -1.03. The number of piperazine rings is 1. The van der Waals surface area contributed by atoms with Crippen molar-refractivity contribution in [2.45, 2.75) is 32.4 Å². The molecule has 2 heterocycles. The lowest BCUT2D eigenvalue weighted by atomic mass is 10.1. The number of anilines is 1. The van der Waals surface area contributed by atoms with E-state index in [2.05, 4.69) is 28.4 Å². The number of hydrogen-bond acceptors (Lipinski definition) is 3. The summed E-state index contributed by atoms with van der Waals surface area (Å²) in [5.74, 6) is 0.934. The van der Waals surface area contributed by atoms with Crippen molar-refractivity contribution in [3.8, 4) is 0 Å². The van der Waals surface area contributed by atoms with E-state index < -0.39 is 0 Å². The van der Waals surface area contributed by atoms with Crippen molar-refractivity contribution in [2.75, 3.05) is 24.5 Å². The van der Waals surface area contributed by atoms with Gasteiger partial charge in [-0.15, -0.1) is 0 Å². The minimum atomic E-state index is 0.707. The predicted octanol–water partition coefficient (Wildman–Crippen LogP) is 1.09. The highest BCUT2D eigenvalue weighted by Gasteiger charge is 2.34. The molecule has 0 spiro atoms. The number of nitrogens with one attached hydrogen (secondary N) is 1. The number of nitrogens with zero attached hydrogens (tertiary/aromatic N) is 3. The van der Waals surface area contributed by atoms with E-state index in [1.165, 1.54) is 18.5 Å². The summed E-state index contributed by atoms with van der Waals surface area (Å²) in [6.07, 6.45) is 6.99. The topological polar surface area (TPSA) is 33.1 Å². The number of aromatic nitrogens is 2. The normalized spacial score (nSPS) is 26.1.